The van der Waals surface area contributed by atoms with Crippen molar-refractivity contribution < 1.29 is 14.3 Å². The predicted octanol–water partition coefficient (Wildman–Crippen LogP) is 5.73. The summed E-state index contributed by atoms with van der Waals surface area (Å²) in [6, 6.07) is 12.9. The number of rotatable bonds is 2. The molecule has 4 nitrogen and oxygen atoms in total. The Labute approximate surface area is 152 Å². The molecule has 124 valence electrons. The number of aromatic nitrogens is 1. The van der Waals surface area contributed by atoms with Crippen LogP contribution < -0.4 is 0 Å². The fraction of sp³-hybridized carbons (Fsp3) is 0.100. The van der Waals surface area contributed by atoms with Gasteiger partial charge < -0.3 is 9.52 Å². The zero-order chi connectivity index (χ0) is 17.7. The molecule has 0 aliphatic rings. The van der Waals surface area contributed by atoms with Crippen molar-refractivity contribution in [1.82, 2.24) is 4.98 Å². The van der Waals surface area contributed by atoms with Gasteiger partial charge in [0.05, 0.1) is 11.1 Å². The molecule has 0 bridgehead atoms. The second-order valence-corrected chi connectivity index (χ2v) is 6.97. The highest BCUT2D eigenvalue weighted by Crippen LogP contribution is 2.32. The number of carboxylic acid groups (broad SMARTS) is 1. The third-order valence-electron chi connectivity index (χ3n) is 4.47. The number of carboxylic acids is 1. The molecule has 2 aromatic carbocycles. The monoisotopic (exact) mass is 395 g/mol. The Kier molecular flexibility index (Phi) is 3.62. The number of fused-ring (bicyclic) bond motifs is 2. The number of aromatic carboxylic acids is 1. The van der Waals surface area contributed by atoms with Crippen LogP contribution in [0.25, 0.3) is 33.3 Å². The molecule has 0 radical (unpaired) electrons. The Hall–Kier alpha value is -2.66. The maximum Gasteiger partial charge on any atom is 0.336 e. The fourth-order valence-electron chi connectivity index (χ4n) is 2.97. The van der Waals surface area contributed by atoms with Crippen molar-refractivity contribution >= 4 is 43.8 Å². The first-order chi connectivity index (χ1) is 11.9. The van der Waals surface area contributed by atoms with E-state index in [1.165, 1.54) is 0 Å². The molecular weight excluding hydrogens is 382 g/mol. The molecule has 0 amide bonds. The molecule has 5 heteroatoms. The van der Waals surface area contributed by atoms with E-state index in [2.05, 4.69) is 15.9 Å². The second kappa shape index (κ2) is 5.70. The first-order valence-corrected chi connectivity index (χ1v) is 8.57. The normalized spacial score (nSPS) is 11.3. The van der Waals surface area contributed by atoms with Gasteiger partial charge in [0.1, 0.15) is 11.3 Å². The van der Waals surface area contributed by atoms with Crippen LogP contribution in [-0.2, 0) is 0 Å². The third kappa shape index (κ3) is 2.61. The molecule has 0 saturated carbocycles. The van der Waals surface area contributed by atoms with Gasteiger partial charge in [-0.25, -0.2) is 9.78 Å². The van der Waals surface area contributed by atoms with Gasteiger partial charge in [-0.15, -0.1) is 0 Å². The number of aryl methyl sites for hydroxylation is 2. The summed E-state index contributed by atoms with van der Waals surface area (Å²) in [5.41, 5.74) is 4.22. The van der Waals surface area contributed by atoms with Gasteiger partial charge in [0.15, 0.2) is 5.76 Å². The summed E-state index contributed by atoms with van der Waals surface area (Å²) in [5.74, 6) is -0.422. The quantitative estimate of drug-likeness (QED) is 0.470. The van der Waals surface area contributed by atoms with Gasteiger partial charge in [-0.2, -0.15) is 0 Å². The lowest BCUT2D eigenvalue weighted by atomic mass is 10.0. The molecule has 2 aromatic heterocycles. The van der Waals surface area contributed by atoms with Crippen LogP contribution >= 0.6 is 15.9 Å². The Morgan fingerprint density at radius 3 is 2.68 bits per heavy atom. The van der Waals surface area contributed by atoms with E-state index < -0.39 is 5.97 Å². The van der Waals surface area contributed by atoms with E-state index in [0.717, 1.165) is 26.6 Å². The number of pyridine rings is 1. The number of nitrogens with zero attached hydrogens (tertiary/aromatic N) is 1. The maximum atomic E-state index is 11.7. The average Bonchev–Trinajstić information content (AvgIpc) is 3.00. The Bertz CT molecular complexity index is 1160. The Balaban J connectivity index is 2.03. The van der Waals surface area contributed by atoms with E-state index in [1.807, 2.05) is 50.2 Å². The lowest BCUT2D eigenvalue weighted by Gasteiger charge is -2.09. The van der Waals surface area contributed by atoms with E-state index in [9.17, 15) is 9.90 Å². The number of furan rings is 1. The highest BCUT2D eigenvalue weighted by Gasteiger charge is 2.17. The summed E-state index contributed by atoms with van der Waals surface area (Å²) in [6.07, 6.45) is 0. The lowest BCUT2D eigenvalue weighted by Crippen LogP contribution is -2.01. The minimum atomic E-state index is -0.976. The molecule has 4 rings (SSSR count). The van der Waals surface area contributed by atoms with Gasteiger partial charge in [0, 0.05) is 15.2 Å². The Morgan fingerprint density at radius 2 is 1.92 bits per heavy atom. The summed E-state index contributed by atoms with van der Waals surface area (Å²) in [7, 11) is 0. The zero-order valence-electron chi connectivity index (χ0n) is 13.6. The molecule has 0 aliphatic carbocycles. The van der Waals surface area contributed by atoms with E-state index in [1.54, 1.807) is 6.07 Å². The smallest absolute Gasteiger partial charge is 0.336 e. The molecule has 0 aliphatic heterocycles. The van der Waals surface area contributed by atoms with Crippen molar-refractivity contribution in [2.75, 3.05) is 0 Å². The lowest BCUT2D eigenvalue weighted by molar-refractivity contribution is 0.0699. The van der Waals surface area contributed by atoms with Gasteiger partial charge in [0.25, 0.3) is 0 Å². The van der Waals surface area contributed by atoms with Crippen LogP contribution in [0, 0.1) is 13.8 Å². The van der Waals surface area contributed by atoms with Crippen molar-refractivity contribution in [2.45, 2.75) is 13.8 Å². The van der Waals surface area contributed by atoms with Crippen LogP contribution in [0.3, 0.4) is 0 Å². The largest absolute Gasteiger partial charge is 0.478 e. The standard InChI is InChI=1S/C20H14BrNO3/c1-10-3-5-14-15(20(23)24)9-16(22-19(14)11(10)2)18-8-12-7-13(21)4-6-17(12)25-18/h3-9H,1-2H3,(H,23,24). The van der Waals surface area contributed by atoms with E-state index in [0.29, 0.717) is 22.4 Å². The SMILES string of the molecule is Cc1ccc2c(C(=O)O)cc(-c3cc4cc(Br)ccc4o3)nc2c1C. The van der Waals surface area contributed by atoms with Crippen LogP contribution in [0.2, 0.25) is 0 Å². The van der Waals surface area contributed by atoms with Crippen molar-refractivity contribution in [3.8, 4) is 11.5 Å². The highest BCUT2D eigenvalue weighted by molar-refractivity contribution is 9.10. The molecule has 0 saturated heterocycles. The van der Waals surface area contributed by atoms with Crippen molar-refractivity contribution in [2.24, 2.45) is 0 Å². The average molecular weight is 396 g/mol. The van der Waals surface area contributed by atoms with Gasteiger partial charge in [-0.1, -0.05) is 28.1 Å². The van der Waals surface area contributed by atoms with Crippen LogP contribution in [0.5, 0.6) is 0 Å². The molecular formula is C20H14BrNO3. The van der Waals surface area contributed by atoms with E-state index in [-0.39, 0.29) is 5.56 Å². The van der Waals surface area contributed by atoms with Crippen LogP contribution in [0.1, 0.15) is 21.5 Å². The number of hydrogen-bond donors (Lipinski definition) is 1. The summed E-state index contributed by atoms with van der Waals surface area (Å²) >= 11 is 3.44. The number of hydrogen-bond acceptors (Lipinski definition) is 3. The summed E-state index contributed by atoms with van der Waals surface area (Å²) in [5, 5.41) is 11.2. The first kappa shape index (κ1) is 15.8. The van der Waals surface area contributed by atoms with Crippen LogP contribution in [0.15, 0.2) is 51.4 Å². The van der Waals surface area contributed by atoms with Gasteiger partial charge in [0.2, 0.25) is 0 Å². The minimum Gasteiger partial charge on any atom is -0.478 e. The maximum absolute atomic E-state index is 11.7. The summed E-state index contributed by atoms with van der Waals surface area (Å²) < 4.78 is 6.84. The van der Waals surface area contributed by atoms with Gasteiger partial charge in [-0.05, 0) is 55.3 Å². The third-order valence-corrected chi connectivity index (χ3v) is 4.96. The molecule has 0 spiro atoms. The molecule has 25 heavy (non-hydrogen) atoms. The second-order valence-electron chi connectivity index (χ2n) is 6.06. The Morgan fingerprint density at radius 1 is 1.12 bits per heavy atom. The summed E-state index contributed by atoms with van der Waals surface area (Å²) in [6.45, 7) is 3.94. The molecule has 4 aromatic rings. The first-order valence-electron chi connectivity index (χ1n) is 7.78. The molecule has 1 N–H and O–H groups in total. The summed E-state index contributed by atoms with van der Waals surface area (Å²) in [4.78, 5) is 16.4. The molecule has 2 heterocycles. The van der Waals surface area contributed by atoms with Crippen LogP contribution in [0.4, 0.5) is 0 Å². The highest BCUT2D eigenvalue weighted by atomic mass is 79.9. The fourth-order valence-corrected chi connectivity index (χ4v) is 3.35. The number of halogens is 1. The topological polar surface area (TPSA) is 63.3 Å². The molecule has 0 unspecified atom stereocenters. The van der Waals surface area contributed by atoms with E-state index >= 15 is 0 Å². The molecule has 0 atom stereocenters. The van der Waals surface area contributed by atoms with Gasteiger partial charge in [-0.3, -0.25) is 0 Å². The van der Waals surface area contributed by atoms with Crippen molar-refractivity contribution in [3.05, 3.63) is 63.6 Å². The molecule has 0 fully saturated rings. The van der Waals surface area contributed by atoms with Gasteiger partial charge >= 0.3 is 5.97 Å². The predicted molar refractivity (Wildman–Crippen MR) is 101 cm³/mol. The van der Waals surface area contributed by atoms with E-state index in [4.69, 9.17) is 9.40 Å². The van der Waals surface area contributed by atoms with Crippen LogP contribution in [-0.4, -0.2) is 16.1 Å². The van der Waals surface area contributed by atoms with Crippen molar-refractivity contribution in [1.29, 1.82) is 0 Å². The minimum absolute atomic E-state index is 0.227. The zero-order valence-corrected chi connectivity index (χ0v) is 15.2. The van der Waals surface area contributed by atoms with Crippen molar-refractivity contribution in [3.63, 3.8) is 0 Å². The number of benzene rings is 2. The number of carbonyl (C=O) groups is 1.